The van der Waals surface area contributed by atoms with Crippen LogP contribution in [0.5, 0.6) is 0 Å². The average Bonchev–Trinajstić information content (AvgIpc) is 2.22. The number of aliphatic hydroxyl groups excluding tert-OH is 1. The van der Waals surface area contributed by atoms with Gasteiger partial charge in [-0.2, -0.15) is 0 Å². The molecule has 0 amide bonds. The molecule has 1 aromatic rings. The second kappa shape index (κ2) is 6.50. The fourth-order valence-corrected chi connectivity index (χ4v) is 1.60. The molecular weight excluding hydrogens is 208 g/mol. The third-order valence-electron chi connectivity index (χ3n) is 2.19. The lowest BCUT2D eigenvalue weighted by Gasteiger charge is -2.09. The lowest BCUT2D eigenvalue weighted by molar-refractivity contribution is 0.167. The highest BCUT2D eigenvalue weighted by Gasteiger charge is 2.06. The monoisotopic (exact) mass is 222 g/mol. The minimum absolute atomic E-state index is 0.356. The third kappa shape index (κ3) is 4.38. The van der Waals surface area contributed by atoms with E-state index in [0.717, 1.165) is 17.0 Å². The Morgan fingerprint density at radius 1 is 1.40 bits per heavy atom. The van der Waals surface area contributed by atoms with Crippen LogP contribution in [0, 0.1) is 11.8 Å². The van der Waals surface area contributed by atoms with Gasteiger partial charge in [-0.05, 0) is 31.4 Å². The van der Waals surface area contributed by atoms with E-state index in [1.165, 1.54) is 0 Å². The van der Waals surface area contributed by atoms with E-state index in [4.69, 9.17) is 11.6 Å². The standard InChI is InChI=1S/C13H15ClO/c1-2-3-4-8-12(15)10-11-7-5-6-9-13(11)14/h5-7,9,12,15H,4,8,10H2,1H3. The van der Waals surface area contributed by atoms with Crippen LogP contribution < -0.4 is 0 Å². The van der Waals surface area contributed by atoms with Gasteiger partial charge in [0.1, 0.15) is 0 Å². The summed E-state index contributed by atoms with van der Waals surface area (Å²) in [5, 5.41) is 10.4. The van der Waals surface area contributed by atoms with Crippen molar-refractivity contribution in [2.75, 3.05) is 0 Å². The molecule has 1 atom stereocenters. The Hall–Kier alpha value is -0.970. The Bertz CT molecular complexity index is 362. The van der Waals surface area contributed by atoms with Crippen LogP contribution in [-0.2, 0) is 6.42 Å². The normalized spacial score (nSPS) is 11.7. The van der Waals surface area contributed by atoms with Crippen LogP contribution in [0.2, 0.25) is 5.02 Å². The molecule has 1 N–H and O–H groups in total. The van der Waals surface area contributed by atoms with E-state index in [0.29, 0.717) is 12.8 Å². The van der Waals surface area contributed by atoms with Crippen molar-refractivity contribution in [2.24, 2.45) is 0 Å². The molecule has 0 aliphatic carbocycles. The van der Waals surface area contributed by atoms with Gasteiger partial charge in [0.05, 0.1) is 6.10 Å². The first kappa shape index (κ1) is 12.1. The molecular formula is C13H15ClO. The fourth-order valence-electron chi connectivity index (χ4n) is 1.38. The molecule has 0 aromatic heterocycles. The van der Waals surface area contributed by atoms with E-state index < -0.39 is 0 Å². The van der Waals surface area contributed by atoms with E-state index in [-0.39, 0.29) is 6.10 Å². The lowest BCUT2D eigenvalue weighted by atomic mass is 10.0. The Morgan fingerprint density at radius 3 is 2.80 bits per heavy atom. The molecule has 0 radical (unpaired) electrons. The SMILES string of the molecule is CC#CCCC(O)Cc1ccccc1Cl. The van der Waals surface area contributed by atoms with Gasteiger partial charge in [0.2, 0.25) is 0 Å². The van der Waals surface area contributed by atoms with Crippen LogP contribution >= 0.6 is 11.6 Å². The first-order valence-electron chi connectivity index (χ1n) is 5.05. The van der Waals surface area contributed by atoms with Crippen LogP contribution in [0.25, 0.3) is 0 Å². The summed E-state index contributed by atoms with van der Waals surface area (Å²) in [5.74, 6) is 5.75. The summed E-state index contributed by atoms with van der Waals surface area (Å²) in [6, 6.07) is 7.60. The molecule has 0 saturated heterocycles. The van der Waals surface area contributed by atoms with Crippen LogP contribution in [0.3, 0.4) is 0 Å². The molecule has 1 unspecified atom stereocenters. The zero-order valence-corrected chi connectivity index (χ0v) is 9.59. The summed E-state index contributed by atoms with van der Waals surface area (Å²) < 4.78 is 0. The Balaban J connectivity index is 2.46. The summed E-state index contributed by atoms with van der Waals surface area (Å²) in [6.07, 6.45) is 1.69. The molecule has 0 spiro atoms. The van der Waals surface area contributed by atoms with Crippen molar-refractivity contribution in [1.82, 2.24) is 0 Å². The lowest BCUT2D eigenvalue weighted by Crippen LogP contribution is -2.10. The van der Waals surface area contributed by atoms with E-state index in [2.05, 4.69) is 11.8 Å². The predicted molar refractivity (Wildman–Crippen MR) is 63.8 cm³/mol. The van der Waals surface area contributed by atoms with Gasteiger partial charge in [-0.15, -0.1) is 11.8 Å². The number of hydrogen-bond donors (Lipinski definition) is 1. The Morgan fingerprint density at radius 2 is 2.13 bits per heavy atom. The van der Waals surface area contributed by atoms with Crippen molar-refractivity contribution in [2.45, 2.75) is 32.3 Å². The predicted octanol–water partition coefficient (Wildman–Crippen LogP) is 3.05. The van der Waals surface area contributed by atoms with Gasteiger partial charge < -0.3 is 5.11 Å². The molecule has 1 aromatic carbocycles. The molecule has 15 heavy (non-hydrogen) atoms. The van der Waals surface area contributed by atoms with Gasteiger partial charge in [-0.25, -0.2) is 0 Å². The van der Waals surface area contributed by atoms with Gasteiger partial charge >= 0.3 is 0 Å². The van der Waals surface area contributed by atoms with Gasteiger partial charge in [-0.3, -0.25) is 0 Å². The molecule has 0 fully saturated rings. The van der Waals surface area contributed by atoms with Crippen LogP contribution in [0.4, 0.5) is 0 Å². The second-order valence-corrected chi connectivity index (χ2v) is 3.82. The number of halogens is 1. The molecule has 0 heterocycles. The summed E-state index contributed by atoms with van der Waals surface area (Å²) in [7, 11) is 0. The quantitative estimate of drug-likeness (QED) is 0.777. The average molecular weight is 223 g/mol. The minimum atomic E-state index is -0.356. The molecule has 0 aliphatic rings. The highest BCUT2D eigenvalue weighted by Crippen LogP contribution is 2.17. The van der Waals surface area contributed by atoms with Crippen LogP contribution in [-0.4, -0.2) is 11.2 Å². The largest absolute Gasteiger partial charge is 0.393 e. The second-order valence-electron chi connectivity index (χ2n) is 3.41. The van der Waals surface area contributed by atoms with E-state index in [9.17, 15) is 5.11 Å². The number of rotatable bonds is 4. The number of aliphatic hydroxyl groups is 1. The van der Waals surface area contributed by atoms with Crippen molar-refractivity contribution in [3.8, 4) is 11.8 Å². The van der Waals surface area contributed by atoms with Gasteiger partial charge in [0.25, 0.3) is 0 Å². The Kier molecular flexibility index (Phi) is 5.25. The molecule has 0 aliphatic heterocycles. The summed E-state index contributed by atoms with van der Waals surface area (Å²) >= 11 is 5.99. The molecule has 2 heteroatoms. The molecule has 0 saturated carbocycles. The Labute approximate surface area is 96.1 Å². The maximum Gasteiger partial charge on any atom is 0.0590 e. The van der Waals surface area contributed by atoms with Crippen molar-refractivity contribution >= 4 is 11.6 Å². The van der Waals surface area contributed by atoms with Gasteiger partial charge in [0, 0.05) is 11.4 Å². The maximum absolute atomic E-state index is 9.73. The van der Waals surface area contributed by atoms with Crippen LogP contribution in [0.1, 0.15) is 25.3 Å². The van der Waals surface area contributed by atoms with E-state index in [1.54, 1.807) is 6.92 Å². The molecule has 0 bridgehead atoms. The first-order valence-corrected chi connectivity index (χ1v) is 5.43. The fraction of sp³-hybridized carbons (Fsp3) is 0.385. The topological polar surface area (TPSA) is 20.2 Å². The van der Waals surface area contributed by atoms with Gasteiger partial charge in [-0.1, -0.05) is 29.8 Å². The first-order chi connectivity index (χ1) is 7.24. The van der Waals surface area contributed by atoms with E-state index >= 15 is 0 Å². The maximum atomic E-state index is 9.73. The molecule has 1 rings (SSSR count). The highest BCUT2D eigenvalue weighted by atomic mass is 35.5. The zero-order valence-electron chi connectivity index (χ0n) is 8.83. The van der Waals surface area contributed by atoms with Crippen LogP contribution in [0.15, 0.2) is 24.3 Å². The highest BCUT2D eigenvalue weighted by molar-refractivity contribution is 6.31. The van der Waals surface area contributed by atoms with Crippen molar-refractivity contribution in [3.63, 3.8) is 0 Å². The number of hydrogen-bond acceptors (Lipinski definition) is 1. The van der Waals surface area contributed by atoms with Gasteiger partial charge in [0.15, 0.2) is 0 Å². The zero-order chi connectivity index (χ0) is 11.1. The summed E-state index contributed by atoms with van der Waals surface area (Å²) in [5.41, 5.74) is 0.996. The minimum Gasteiger partial charge on any atom is -0.393 e. The van der Waals surface area contributed by atoms with E-state index in [1.807, 2.05) is 24.3 Å². The van der Waals surface area contributed by atoms with Crippen molar-refractivity contribution < 1.29 is 5.11 Å². The number of benzene rings is 1. The molecule has 1 nitrogen and oxygen atoms in total. The third-order valence-corrected chi connectivity index (χ3v) is 2.56. The summed E-state index contributed by atoms with van der Waals surface area (Å²) in [4.78, 5) is 0. The molecule has 80 valence electrons. The smallest absolute Gasteiger partial charge is 0.0590 e. The summed E-state index contributed by atoms with van der Waals surface area (Å²) in [6.45, 7) is 1.81. The van der Waals surface area contributed by atoms with Crippen molar-refractivity contribution in [3.05, 3.63) is 34.9 Å². The van der Waals surface area contributed by atoms with Crippen molar-refractivity contribution in [1.29, 1.82) is 0 Å².